The highest BCUT2D eigenvalue weighted by molar-refractivity contribution is 7.98. The molecule has 1 aliphatic heterocycles. The molecule has 1 N–H and O–H groups in total. The van der Waals surface area contributed by atoms with E-state index in [4.69, 9.17) is 21.6 Å². The number of rotatable bonds is 4. The van der Waals surface area contributed by atoms with Crippen molar-refractivity contribution in [3.8, 4) is 0 Å². The first-order valence-electron chi connectivity index (χ1n) is 7.23. The lowest BCUT2D eigenvalue weighted by Crippen LogP contribution is -2.27. The molecule has 2 aromatic rings. The first-order chi connectivity index (χ1) is 10.3. The summed E-state index contributed by atoms with van der Waals surface area (Å²) >= 11 is 7.66. The smallest absolute Gasteiger partial charge is 0.139 e. The highest BCUT2D eigenvalue weighted by atomic mass is 35.5. The lowest BCUT2D eigenvalue weighted by Gasteiger charge is -2.19. The zero-order valence-corrected chi connectivity index (χ0v) is 13.6. The maximum Gasteiger partial charge on any atom is 0.139 e. The number of hydrogen-bond donors (Lipinski definition) is 1. The average molecular weight is 320 g/mol. The summed E-state index contributed by atoms with van der Waals surface area (Å²) in [5.74, 6) is 1.74. The number of fused-ring (bicyclic) bond motifs is 1. The van der Waals surface area contributed by atoms with Crippen molar-refractivity contribution in [1.82, 2.24) is 15.3 Å². The van der Waals surface area contributed by atoms with Crippen molar-refractivity contribution in [3.63, 3.8) is 0 Å². The van der Waals surface area contributed by atoms with E-state index >= 15 is 0 Å². The van der Waals surface area contributed by atoms with Crippen LogP contribution in [-0.4, -0.2) is 16.5 Å². The van der Waals surface area contributed by atoms with E-state index in [0.29, 0.717) is 0 Å². The lowest BCUT2D eigenvalue weighted by molar-refractivity contribution is 0.613. The first kappa shape index (κ1) is 14.8. The molecule has 0 saturated carbocycles. The van der Waals surface area contributed by atoms with Crippen LogP contribution in [0.3, 0.4) is 0 Å². The summed E-state index contributed by atoms with van der Waals surface area (Å²) < 4.78 is 0. The van der Waals surface area contributed by atoms with Crippen LogP contribution in [0.4, 0.5) is 0 Å². The van der Waals surface area contributed by atoms with Crippen LogP contribution in [-0.2, 0) is 25.1 Å². The highest BCUT2D eigenvalue weighted by Gasteiger charge is 2.16. The van der Waals surface area contributed by atoms with E-state index < -0.39 is 0 Å². The molecule has 0 fully saturated rings. The predicted molar refractivity (Wildman–Crippen MR) is 87.8 cm³/mol. The van der Waals surface area contributed by atoms with Crippen molar-refractivity contribution in [3.05, 3.63) is 52.1 Å². The highest BCUT2D eigenvalue weighted by Crippen LogP contribution is 2.24. The van der Waals surface area contributed by atoms with Gasteiger partial charge in [0, 0.05) is 40.7 Å². The summed E-state index contributed by atoms with van der Waals surface area (Å²) in [6, 6.07) is 7.91. The Hall–Kier alpha value is -1.10. The molecule has 0 spiro atoms. The monoisotopic (exact) mass is 319 g/mol. The average Bonchev–Trinajstić information content (AvgIpc) is 2.53. The second-order valence-electron chi connectivity index (χ2n) is 5.03. The Labute approximate surface area is 134 Å². The number of thioether (sulfide) groups is 1. The maximum atomic E-state index is 5.91. The predicted octanol–water partition coefficient (Wildman–Crippen LogP) is 3.63. The minimum Gasteiger partial charge on any atom is -0.312 e. The Balaban J connectivity index is 1.77. The van der Waals surface area contributed by atoms with Gasteiger partial charge in [0.05, 0.1) is 11.4 Å². The van der Waals surface area contributed by atoms with Gasteiger partial charge in [0.2, 0.25) is 0 Å². The van der Waals surface area contributed by atoms with Crippen LogP contribution in [0.15, 0.2) is 29.2 Å². The van der Waals surface area contributed by atoms with Crippen molar-refractivity contribution >= 4 is 23.4 Å². The molecule has 3 rings (SSSR count). The fraction of sp³-hybridized carbons (Fsp3) is 0.375. The Kier molecular flexibility index (Phi) is 4.78. The van der Waals surface area contributed by atoms with Crippen LogP contribution < -0.4 is 5.32 Å². The van der Waals surface area contributed by atoms with Gasteiger partial charge in [0.25, 0.3) is 0 Å². The molecule has 3 nitrogen and oxygen atoms in total. The van der Waals surface area contributed by atoms with E-state index in [2.05, 4.69) is 12.2 Å². The van der Waals surface area contributed by atoms with Gasteiger partial charge in [-0.25, -0.2) is 9.97 Å². The summed E-state index contributed by atoms with van der Waals surface area (Å²) in [6.07, 6.45) is 1.97. The molecular weight excluding hydrogens is 302 g/mol. The van der Waals surface area contributed by atoms with Crippen LogP contribution in [0.1, 0.15) is 29.7 Å². The molecule has 0 amide bonds. The number of benzene rings is 1. The largest absolute Gasteiger partial charge is 0.312 e. The number of nitrogens with one attached hydrogen (secondary N) is 1. The Bertz CT molecular complexity index is 611. The molecule has 0 unspecified atom stereocenters. The van der Waals surface area contributed by atoms with Gasteiger partial charge in [-0.15, -0.1) is 11.8 Å². The quantitative estimate of drug-likeness (QED) is 0.873. The molecule has 2 heterocycles. The van der Waals surface area contributed by atoms with Crippen molar-refractivity contribution in [2.75, 3.05) is 6.54 Å². The van der Waals surface area contributed by atoms with Crippen LogP contribution >= 0.6 is 23.4 Å². The second-order valence-corrected chi connectivity index (χ2v) is 6.52. The molecule has 0 radical (unpaired) electrons. The second kappa shape index (κ2) is 6.77. The van der Waals surface area contributed by atoms with Gasteiger partial charge >= 0.3 is 0 Å². The molecule has 1 aromatic heterocycles. The molecule has 5 heteroatoms. The molecule has 21 heavy (non-hydrogen) atoms. The number of aromatic nitrogens is 2. The van der Waals surface area contributed by atoms with Crippen molar-refractivity contribution in [1.29, 1.82) is 0 Å². The van der Waals surface area contributed by atoms with Crippen LogP contribution in [0.25, 0.3) is 0 Å². The van der Waals surface area contributed by atoms with Crippen molar-refractivity contribution < 1.29 is 0 Å². The summed E-state index contributed by atoms with van der Waals surface area (Å²) in [4.78, 5) is 10.7. The van der Waals surface area contributed by atoms with E-state index in [1.54, 1.807) is 11.8 Å². The number of hydrogen-bond acceptors (Lipinski definition) is 4. The molecule has 0 saturated heterocycles. The van der Waals surface area contributed by atoms with Crippen molar-refractivity contribution in [2.24, 2.45) is 0 Å². The zero-order chi connectivity index (χ0) is 14.7. The molecule has 1 aliphatic rings. The zero-order valence-electron chi connectivity index (χ0n) is 12.0. The van der Waals surface area contributed by atoms with Crippen molar-refractivity contribution in [2.45, 2.75) is 37.0 Å². The van der Waals surface area contributed by atoms with Gasteiger partial charge < -0.3 is 5.32 Å². The molecule has 0 aliphatic carbocycles. The first-order valence-corrected chi connectivity index (χ1v) is 8.59. The Morgan fingerprint density at radius 1 is 1.24 bits per heavy atom. The van der Waals surface area contributed by atoms with Crippen LogP contribution in [0.2, 0.25) is 5.02 Å². The molecular formula is C16H18ClN3S. The minimum atomic E-state index is 0.769. The topological polar surface area (TPSA) is 37.8 Å². The fourth-order valence-corrected chi connectivity index (χ4v) is 3.38. The molecule has 0 atom stereocenters. The molecule has 110 valence electrons. The van der Waals surface area contributed by atoms with E-state index in [-0.39, 0.29) is 0 Å². The fourth-order valence-electron chi connectivity index (χ4n) is 2.50. The van der Waals surface area contributed by atoms with Gasteiger partial charge in [-0.2, -0.15) is 0 Å². The van der Waals surface area contributed by atoms with E-state index in [1.807, 2.05) is 24.3 Å². The standard InChI is InChI=1S/C16H18ClN3S/c1-2-14-13-9-18-8-7-15(13)20-16(19-14)10-21-12-5-3-11(17)4-6-12/h3-6,18H,2,7-10H2,1H3. The van der Waals surface area contributed by atoms with Gasteiger partial charge in [-0.1, -0.05) is 18.5 Å². The third-order valence-electron chi connectivity index (χ3n) is 3.58. The Morgan fingerprint density at radius 3 is 2.81 bits per heavy atom. The molecule has 0 bridgehead atoms. The van der Waals surface area contributed by atoms with E-state index in [9.17, 15) is 0 Å². The van der Waals surface area contributed by atoms with E-state index in [0.717, 1.165) is 42.5 Å². The Morgan fingerprint density at radius 2 is 2.05 bits per heavy atom. The number of halogens is 1. The lowest BCUT2D eigenvalue weighted by atomic mass is 10.0. The van der Waals surface area contributed by atoms with Crippen LogP contribution in [0.5, 0.6) is 0 Å². The number of aryl methyl sites for hydroxylation is 1. The third-order valence-corrected chi connectivity index (χ3v) is 4.84. The summed E-state index contributed by atoms with van der Waals surface area (Å²) in [5.41, 5.74) is 3.73. The van der Waals surface area contributed by atoms with Crippen LogP contribution in [0, 0.1) is 0 Å². The normalized spacial score (nSPS) is 14.0. The van der Waals surface area contributed by atoms with Gasteiger partial charge in [-0.05, 0) is 30.7 Å². The summed E-state index contributed by atoms with van der Waals surface area (Å²) in [7, 11) is 0. The van der Waals surface area contributed by atoms with E-state index in [1.165, 1.54) is 21.8 Å². The summed E-state index contributed by atoms with van der Waals surface area (Å²) in [6.45, 7) is 4.08. The number of nitrogens with zero attached hydrogens (tertiary/aromatic N) is 2. The summed E-state index contributed by atoms with van der Waals surface area (Å²) in [5, 5.41) is 4.17. The van der Waals surface area contributed by atoms with Gasteiger partial charge in [0.15, 0.2) is 0 Å². The van der Waals surface area contributed by atoms with Gasteiger partial charge in [-0.3, -0.25) is 0 Å². The SMILES string of the molecule is CCc1nc(CSc2ccc(Cl)cc2)nc2c1CNCC2. The third kappa shape index (κ3) is 3.57. The minimum absolute atomic E-state index is 0.769. The van der Waals surface area contributed by atoms with Gasteiger partial charge in [0.1, 0.15) is 5.82 Å². The molecule has 1 aromatic carbocycles. The maximum absolute atomic E-state index is 5.91.